The summed E-state index contributed by atoms with van der Waals surface area (Å²) in [5.41, 5.74) is 2.49. The number of fused-ring (bicyclic) bond motifs is 2. The van der Waals surface area contributed by atoms with Gasteiger partial charge in [0.25, 0.3) is 5.91 Å². The van der Waals surface area contributed by atoms with Gasteiger partial charge in [0.15, 0.2) is 0 Å². The molecule has 0 saturated carbocycles. The average Bonchev–Trinajstić information content (AvgIpc) is 3.30. The number of aromatic nitrogens is 3. The number of nitrogens with zero attached hydrogens (tertiary/aromatic N) is 3. The molecule has 0 aliphatic heterocycles. The van der Waals surface area contributed by atoms with E-state index in [9.17, 15) is 9.18 Å². The van der Waals surface area contributed by atoms with Crippen LogP contribution in [0.3, 0.4) is 0 Å². The summed E-state index contributed by atoms with van der Waals surface area (Å²) < 4.78 is 14.1. The number of carbonyl (C=O) groups is 1. The third-order valence-corrected chi connectivity index (χ3v) is 6.11. The molecule has 5 nitrogen and oxygen atoms in total. The molecule has 2 heterocycles. The van der Waals surface area contributed by atoms with Crippen LogP contribution >= 0.6 is 22.9 Å². The van der Waals surface area contributed by atoms with Gasteiger partial charge in [0.1, 0.15) is 21.7 Å². The quantitative estimate of drug-likeness (QED) is 0.407. The number of nitrogens with one attached hydrogen (secondary N) is 1. The van der Waals surface area contributed by atoms with Gasteiger partial charge >= 0.3 is 0 Å². The predicted octanol–water partition coefficient (Wildman–Crippen LogP) is 5.68. The number of carbonyl (C=O) groups excluding carboxylic acids is 1. The van der Waals surface area contributed by atoms with Crippen molar-refractivity contribution in [1.82, 2.24) is 15.0 Å². The molecule has 3 aromatic carbocycles. The number of halogens is 2. The van der Waals surface area contributed by atoms with Gasteiger partial charge in [-0.2, -0.15) is 4.80 Å². The van der Waals surface area contributed by atoms with E-state index in [-0.39, 0.29) is 11.7 Å². The second-order valence-corrected chi connectivity index (χ2v) is 7.79. The summed E-state index contributed by atoms with van der Waals surface area (Å²) in [7, 11) is 0. The average molecular weight is 423 g/mol. The van der Waals surface area contributed by atoms with E-state index in [1.54, 1.807) is 30.3 Å². The lowest BCUT2D eigenvalue weighted by Gasteiger charge is -2.03. The second-order valence-electron chi connectivity index (χ2n) is 6.36. The van der Waals surface area contributed by atoms with E-state index in [0.717, 1.165) is 10.1 Å². The van der Waals surface area contributed by atoms with E-state index >= 15 is 0 Å². The Labute approximate surface area is 173 Å². The first kappa shape index (κ1) is 17.8. The molecule has 0 radical (unpaired) electrons. The van der Waals surface area contributed by atoms with E-state index < -0.39 is 0 Å². The molecule has 2 aromatic heterocycles. The SMILES string of the molecule is O=C(Nc1ccc2nn(-c3ccc(F)cc3)nc2c1)c1sc2ccccc2c1Cl. The van der Waals surface area contributed by atoms with Gasteiger partial charge in [-0.3, -0.25) is 4.79 Å². The molecule has 8 heteroatoms. The maximum atomic E-state index is 13.1. The highest BCUT2D eigenvalue weighted by Gasteiger charge is 2.17. The van der Waals surface area contributed by atoms with Crippen LogP contribution in [-0.4, -0.2) is 20.9 Å². The largest absolute Gasteiger partial charge is 0.321 e. The first-order valence-corrected chi connectivity index (χ1v) is 9.89. The Kier molecular flexibility index (Phi) is 4.26. The van der Waals surface area contributed by atoms with Crippen LogP contribution in [0.4, 0.5) is 10.1 Å². The molecular weight excluding hydrogens is 411 g/mol. The monoisotopic (exact) mass is 422 g/mol. The number of hydrogen-bond acceptors (Lipinski definition) is 4. The Balaban J connectivity index is 1.45. The molecule has 0 fully saturated rings. The third kappa shape index (κ3) is 3.24. The number of thiophene rings is 1. The fourth-order valence-electron chi connectivity index (χ4n) is 3.03. The van der Waals surface area contributed by atoms with Gasteiger partial charge in [0.05, 0.1) is 10.7 Å². The molecule has 0 aliphatic carbocycles. The zero-order valence-corrected chi connectivity index (χ0v) is 16.3. The van der Waals surface area contributed by atoms with Crippen molar-refractivity contribution in [3.8, 4) is 5.69 Å². The summed E-state index contributed by atoms with van der Waals surface area (Å²) in [6.45, 7) is 0. The molecule has 0 atom stereocenters. The van der Waals surface area contributed by atoms with Gasteiger partial charge in [-0.1, -0.05) is 29.8 Å². The van der Waals surface area contributed by atoms with Crippen molar-refractivity contribution >= 4 is 55.7 Å². The minimum absolute atomic E-state index is 0.276. The van der Waals surface area contributed by atoms with Crippen molar-refractivity contribution in [1.29, 1.82) is 0 Å². The van der Waals surface area contributed by atoms with Crippen molar-refractivity contribution in [2.24, 2.45) is 0 Å². The van der Waals surface area contributed by atoms with Gasteiger partial charge in [0, 0.05) is 15.8 Å². The zero-order valence-electron chi connectivity index (χ0n) is 14.8. The zero-order chi connectivity index (χ0) is 20.0. The van der Waals surface area contributed by atoms with E-state index in [4.69, 9.17) is 11.6 Å². The molecule has 0 aliphatic rings. The minimum Gasteiger partial charge on any atom is -0.321 e. The molecule has 0 bridgehead atoms. The highest BCUT2D eigenvalue weighted by atomic mass is 35.5. The van der Waals surface area contributed by atoms with E-state index in [0.29, 0.717) is 32.3 Å². The van der Waals surface area contributed by atoms with Gasteiger partial charge in [-0.05, 0) is 48.5 Å². The number of rotatable bonds is 3. The summed E-state index contributed by atoms with van der Waals surface area (Å²) in [4.78, 5) is 14.6. The summed E-state index contributed by atoms with van der Waals surface area (Å²) in [5.74, 6) is -0.600. The van der Waals surface area contributed by atoms with E-state index in [1.165, 1.54) is 28.3 Å². The Morgan fingerprint density at radius 3 is 2.55 bits per heavy atom. The number of amides is 1. The standard InChI is InChI=1S/C21H12ClFN4OS/c22-19-15-3-1-2-4-18(15)29-20(19)21(28)24-13-7-10-16-17(11-13)26-27(25-16)14-8-5-12(23)6-9-14/h1-11H,(H,24,28). The molecule has 142 valence electrons. The van der Waals surface area contributed by atoms with Gasteiger partial charge in [0.2, 0.25) is 0 Å². The number of hydrogen-bond donors (Lipinski definition) is 1. The highest BCUT2D eigenvalue weighted by molar-refractivity contribution is 7.21. The van der Waals surface area contributed by atoms with E-state index in [2.05, 4.69) is 15.5 Å². The second kappa shape index (κ2) is 6.95. The molecule has 0 spiro atoms. The summed E-state index contributed by atoms with van der Waals surface area (Å²) in [6.07, 6.45) is 0. The van der Waals surface area contributed by atoms with Crippen molar-refractivity contribution < 1.29 is 9.18 Å². The van der Waals surface area contributed by atoms with Crippen LogP contribution in [-0.2, 0) is 0 Å². The normalized spacial score (nSPS) is 11.2. The number of benzene rings is 3. The molecular formula is C21H12ClFN4OS. The first-order chi connectivity index (χ1) is 14.1. The third-order valence-electron chi connectivity index (χ3n) is 4.44. The summed E-state index contributed by atoms with van der Waals surface area (Å²) >= 11 is 7.74. The minimum atomic E-state index is -0.324. The van der Waals surface area contributed by atoms with Crippen molar-refractivity contribution in [2.45, 2.75) is 0 Å². The smallest absolute Gasteiger partial charge is 0.267 e. The van der Waals surface area contributed by atoms with Gasteiger partial charge < -0.3 is 5.32 Å². The lowest BCUT2D eigenvalue weighted by molar-refractivity contribution is 0.103. The van der Waals surface area contributed by atoms with Crippen molar-refractivity contribution in [2.75, 3.05) is 5.32 Å². The highest BCUT2D eigenvalue weighted by Crippen LogP contribution is 2.35. The number of anilines is 1. The van der Waals surface area contributed by atoms with Crippen LogP contribution in [0.1, 0.15) is 9.67 Å². The van der Waals surface area contributed by atoms with Crippen LogP contribution in [0.15, 0.2) is 66.7 Å². The molecule has 5 aromatic rings. The maximum absolute atomic E-state index is 13.1. The predicted molar refractivity (Wildman–Crippen MR) is 114 cm³/mol. The fourth-order valence-corrected chi connectivity index (χ4v) is 4.44. The first-order valence-electron chi connectivity index (χ1n) is 8.70. The van der Waals surface area contributed by atoms with Crippen LogP contribution in [0.5, 0.6) is 0 Å². The lowest BCUT2D eigenvalue weighted by Crippen LogP contribution is -2.10. The van der Waals surface area contributed by atoms with Crippen LogP contribution in [0.25, 0.3) is 26.8 Å². The Hall–Kier alpha value is -3.29. The lowest BCUT2D eigenvalue weighted by atomic mass is 10.2. The summed E-state index contributed by atoms with van der Waals surface area (Å²) in [5, 5.41) is 13.0. The summed E-state index contributed by atoms with van der Waals surface area (Å²) in [6, 6.07) is 18.8. The van der Waals surface area contributed by atoms with Crippen molar-refractivity contribution in [3.05, 3.63) is 82.4 Å². The van der Waals surface area contributed by atoms with E-state index in [1.807, 2.05) is 24.3 Å². The molecule has 0 unspecified atom stereocenters. The molecule has 5 rings (SSSR count). The van der Waals surface area contributed by atoms with Crippen LogP contribution < -0.4 is 5.32 Å². The molecule has 29 heavy (non-hydrogen) atoms. The van der Waals surface area contributed by atoms with Crippen LogP contribution in [0.2, 0.25) is 5.02 Å². The maximum Gasteiger partial charge on any atom is 0.267 e. The Morgan fingerprint density at radius 1 is 1.00 bits per heavy atom. The van der Waals surface area contributed by atoms with Crippen LogP contribution in [0, 0.1) is 5.82 Å². The molecule has 1 N–H and O–H groups in total. The Bertz CT molecular complexity index is 1380. The molecule has 0 saturated heterocycles. The van der Waals surface area contributed by atoms with Gasteiger partial charge in [-0.25, -0.2) is 4.39 Å². The topological polar surface area (TPSA) is 59.8 Å². The van der Waals surface area contributed by atoms with Crippen molar-refractivity contribution in [3.63, 3.8) is 0 Å². The molecule has 1 amide bonds. The fraction of sp³-hybridized carbons (Fsp3) is 0. The van der Waals surface area contributed by atoms with Gasteiger partial charge in [-0.15, -0.1) is 21.5 Å². The Morgan fingerprint density at radius 2 is 1.76 bits per heavy atom.